The summed E-state index contributed by atoms with van der Waals surface area (Å²) in [5, 5.41) is 2.74. The molecule has 0 spiro atoms. The van der Waals surface area contributed by atoms with Crippen molar-refractivity contribution >= 4 is 23.5 Å². The Bertz CT molecular complexity index is 870. The van der Waals surface area contributed by atoms with Crippen LogP contribution in [0.2, 0.25) is 0 Å². The first kappa shape index (κ1) is 24.2. The summed E-state index contributed by atoms with van der Waals surface area (Å²) in [7, 11) is 2.90. The number of allylic oxidation sites excluding steroid dienone is 2. The summed E-state index contributed by atoms with van der Waals surface area (Å²) in [6.07, 6.45) is 4.84. The van der Waals surface area contributed by atoms with Crippen LogP contribution in [-0.2, 0) is 14.3 Å². The number of methoxy groups -OCH3 is 2. The van der Waals surface area contributed by atoms with Crippen LogP contribution < -0.4 is 14.8 Å². The maximum atomic E-state index is 12.8. The topological polar surface area (TPSA) is 94.2 Å². The van der Waals surface area contributed by atoms with Crippen LogP contribution in [0, 0.1) is 5.41 Å². The molecule has 0 fully saturated rings. The minimum Gasteiger partial charge on any atom is -0.493 e. The Balaban J connectivity index is 2.24. The standard InChI is InChI=1S/C23H32N2O6/c1-7-25(15-10-8-9-11-15)20(26)14-31-21(27)16-12-18(29-5)19(30-6)13-17(16)24-22(28)23(2,3)4/h10,12-13H,7-9,11,14H2,1-6H3,(H,24,28). The molecule has 0 unspecified atom stereocenters. The number of carbonyl (C=O) groups is 3. The second-order valence-electron chi connectivity index (χ2n) is 8.26. The van der Waals surface area contributed by atoms with E-state index in [4.69, 9.17) is 14.2 Å². The molecule has 0 aromatic heterocycles. The van der Waals surface area contributed by atoms with E-state index in [9.17, 15) is 14.4 Å². The van der Waals surface area contributed by atoms with Crippen molar-refractivity contribution in [3.8, 4) is 11.5 Å². The SMILES string of the molecule is CCN(C(=O)COC(=O)c1cc(OC)c(OC)cc1NC(=O)C(C)(C)C)C1=CCCC1. The van der Waals surface area contributed by atoms with Crippen LogP contribution in [0.3, 0.4) is 0 Å². The Labute approximate surface area is 183 Å². The molecule has 0 radical (unpaired) electrons. The number of amides is 2. The molecule has 8 heteroatoms. The fourth-order valence-electron chi connectivity index (χ4n) is 3.18. The van der Waals surface area contributed by atoms with Crippen LogP contribution in [0.15, 0.2) is 23.9 Å². The maximum Gasteiger partial charge on any atom is 0.340 e. The molecule has 1 aromatic carbocycles. The molecule has 2 rings (SSSR count). The van der Waals surface area contributed by atoms with E-state index in [1.54, 1.807) is 25.7 Å². The van der Waals surface area contributed by atoms with Crippen molar-refractivity contribution in [2.45, 2.75) is 47.0 Å². The average Bonchev–Trinajstić information content (AvgIpc) is 3.25. The van der Waals surface area contributed by atoms with Gasteiger partial charge in [-0.25, -0.2) is 4.79 Å². The Kier molecular flexibility index (Phi) is 8.08. The number of likely N-dealkylation sites (N-methyl/N-ethyl adjacent to an activating group) is 1. The Morgan fingerprint density at radius 3 is 2.26 bits per heavy atom. The minimum absolute atomic E-state index is 0.0752. The lowest BCUT2D eigenvalue weighted by Crippen LogP contribution is -2.33. The van der Waals surface area contributed by atoms with Crippen molar-refractivity contribution in [3.63, 3.8) is 0 Å². The van der Waals surface area contributed by atoms with Gasteiger partial charge in [-0.2, -0.15) is 0 Å². The number of carbonyl (C=O) groups excluding carboxylic acids is 3. The summed E-state index contributed by atoms with van der Waals surface area (Å²) in [4.78, 5) is 39.6. The third-order valence-corrected chi connectivity index (χ3v) is 4.98. The van der Waals surface area contributed by atoms with Gasteiger partial charge in [-0.1, -0.05) is 26.8 Å². The van der Waals surface area contributed by atoms with E-state index in [1.807, 2.05) is 13.0 Å². The van der Waals surface area contributed by atoms with Crippen LogP contribution in [0.4, 0.5) is 5.69 Å². The van der Waals surface area contributed by atoms with E-state index in [0.29, 0.717) is 18.0 Å². The van der Waals surface area contributed by atoms with Gasteiger partial charge < -0.3 is 24.4 Å². The van der Waals surface area contributed by atoms with Crippen molar-refractivity contribution in [2.24, 2.45) is 5.41 Å². The van der Waals surface area contributed by atoms with Crippen LogP contribution in [-0.4, -0.2) is 50.1 Å². The van der Waals surface area contributed by atoms with Crippen molar-refractivity contribution in [2.75, 3.05) is 32.7 Å². The van der Waals surface area contributed by atoms with Gasteiger partial charge in [0.2, 0.25) is 5.91 Å². The fraction of sp³-hybridized carbons (Fsp3) is 0.522. The number of anilines is 1. The highest BCUT2D eigenvalue weighted by atomic mass is 16.5. The molecule has 1 N–H and O–H groups in total. The second kappa shape index (κ2) is 10.3. The maximum absolute atomic E-state index is 12.8. The zero-order valence-electron chi connectivity index (χ0n) is 19.2. The number of ether oxygens (including phenoxy) is 3. The third-order valence-electron chi connectivity index (χ3n) is 4.98. The first-order chi connectivity index (χ1) is 14.6. The summed E-state index contributed by atoms with van der Waals surface area (Å²) in [5.41, 5.74) is 0.584. The number of nitrogens with zero attached hydrogens (tertiary/aromatic N) is 1. The largest absolute Gasteiger partial charge is 0.493 e. The quantitative estimate of drug-likeness (QED) is 0.629. The predicted octanol–water partition coefficient (Wildman–Crippen LogP) is 3.76. The normalized spacial score (nSPS) is 13.3. The Morgan fingerprint density at radius 2 is 1.74 bits per heavy atom. The molecule has 0 saturated carbocycles. The zero-order chi connectivity index (χ0) is 23.2. The van der Waals surface area contributed by atoms with Crippen molar-refractivity contribution in [1.29, 1.82) is 0 Å². The van der Waals surface area contributed by atoms with E-state index >= 15 is 0 Å². The summed E-state index contributed by atoms with van der Waals surface area (Å²) >= 11 is 0. The summed E-state index contributed by atoms with van der Waals surface area (Å²) in [6, 6.07) is 2.93. The van der Waals surface area contributed by atoms with Crippen molar-refractivity contribution in [1.82, 2.24) is 4.90 Å². The van der Waals surface area contributed by atoms with Gasteiger partial charge in [0.15, 0.2) is 18.1 Å². The molecule has 0 aliphatic heterocycles. The van der Waals surface area contributed by atoms with E-state index in [1.165, 1.54) is 26.4 Å². The van der Waals surface area contributed by atoms with E-state index in [2.05, 4.69) is 5.32 Å². The van der Waals surface area contributed by atoms with Crippen molar-refractivity contribution in [3.05, 3.63) is 29.5 Å². The third kappa shape index (κ3) is 5.99. The zero-order valence-corrected chi connectivity index (χ0v) is 19.2. The lowest BCUT2D eigenvalue weighted by atomic mass is 9.95. The van der Waals surface area contributed by atoms with E-state index in [0.717, 1.165) is 25.0 Å². The van der Waals surface area contributed by atoms with Crippen LogP contribution in [0.25, 0.3) is 0 Å². The van der Waals surface area contributed by atoms with Gasteiger partial charge in [-0.05, 0) is 26.2 Å². The molecule has 1 aliphatic carbocycles. The Morgan fingerprint density at radius 1 is 1.10 bits per heavy atom. The number of rotatable bonds is 8. The van der Waals surface area contributed by atoms with Gasteiger partial charge in [-0.15, -0.1) is 0 Å². The number of benzene rings is 1. The van der Waals surface area contributed by atoms with Crippen molar-refractivity contribution < 1.29 is 28.6 Å². The van der Waals surface area contributed by atoms with Crippen LogP contribution in [0.5, 0.6) is 11.5 Å². The van der Waals surface area contributed by atoms with Crippen LogP contribution in [0.1, 0.15) is 57.3 Å². The number of nitrogens with one attached hydrogen (secondary N) is 1. The van der Waals surface area contributed by atoms with Gasteiger partial charge >= 0.3 is 5.97 Å². The number of hydrogen-bond donors (Lipinski definition) is 1. The molecular formula is C23H32N2O6. The van der Waals surface area contributed by atoms with Crippen LogP contribution >= 0.6 is 0 Å². The number of esters is 1. The van der Waals surface area contributed by atoms with Gasteiger partial charge in [0.05, 0.1) is 25.5 Å². The molecule has 1 aliphatic rings. The lowest BCUT2D eigenvalue weighted by Gasteiger charge is -2.22. The fourth-order valence-corrected chi connectivity index (χ4v) is 3.18. The highest BCUT2D eigenvalue weighted by Crippen LogP contribution is 2.34. The molecule has 8 nitrogen and oxygen atoms in total. The first-order valence-corrected chi connectivity index (χ1v) is 10.4. The van der Waals surface area contributed by atoms with Gasteiger partial charge in [0.25, 0.3) is 5.91 Å². The molecule has 0 bridgehead atoms. The average molecular weight is 433 g/mol. The molecule has 2 amide bonds. The second-order valence-corrected chi connectivity index (χ2v) is 8.26. The molecule has 0 atom stereocenters. The molecule has 170 valence electrons. The van der Waals surface area contributed by atoms with E-state index < -0.39 is 18.0 Å². The molecule has 0 heterocycles. The summed E-state index contributed by atoms with van der Waals surface area (Å²) in [5.74, 6) is -0.652. The predicted molar refractivity (Wildman–Crippen MR) is 117 cm³/mol. The van der Waals surface area contributed by atoms with E-state index in [-0.39, 0.29) is 23.1 Å². The number of hydrogen-bond acceptors (Lipinski definition) is 6. The van der Waals surface area contributed by atoms with Gasteiger partial charge in [-0.3, -0.25) is 9.59 Å². The first-order valence-electron chi connectivity index (χ1n) is 10.4. The van der Waals surface area contributed by atoms with Gasteiger partial charge in [0.1, 0.15) is 0 Å². The smallest absolute Gasteiger partial charge is 0.340 e. The lowest BCUT2D eigenvalue weighted by molar-refractivity contribution is -0.132. The molecule has 1 aromatic rings. The highest BCUT2D eigenvalue weighted by molar-refractivity contribution is 6.04. The Hall–Kier alpha value is -3.03. The summed E-state index contributed by atoms with van der Waals surface area (Å²) < 4.78 is 15.9. The monoisotopic (exact) mass is 432 g/mol. The minimum atomic E-state index is -0.741. The molecule has 0 saturated heterocycles. The molecule has 31 heavy (non-hydrogen) atoms. The van der Waals surface area contributed by atoms with Gasteiger partial charge in [0, 0.05) is 29.8 Å². The highest BCUT2D eigenvalue weighted by Gasteiger charge is 2.26. The molecular weight excluding hydrogens is 400 g/mol. The summed E-state index contributed by atoms with van der Waals surface area (Å²) in [6.45, 7) is 7.27.